The van der Waals surface area contributed by atoms with Crippen LogP contribution in [0.1, 0.15) is 17.7 Å². The third-order valence-electron chi connectivity index (χ3n) is 2.27. The minimum Gasteiger partial charge on any atom is -0.480 e. The van der Waals surface area contributed by atoms with E-state index in [2.05, 4.69) is 21.2 Å². The summed E-state index contributed by atoms with van der Waals surface area (Å²) in [6.07, 6.45) is -3.14. The van der Waals surface area contributed by atoms with Gasteiger partial charge in [-0.15, -0.1) is 11.3 Å². The molecular formula is C11H12BrF2NO3S. The van der Waals surface area contributed by atoms with Crippen molar-refractivity contribution in [2.45, 2.75) is 31.7 Å². The fourth-order valence-electron chi connectivity index (χ4n) is 1.39. The van der Waals surface area contributed by atoms with Crippen molar-refractivity contribution in [3.8, 4) is 0 Å². The number of hydrogen-bond acceptors (Lipinski definition) is 3. The molecule has 0 fully saturated rings. The molecule has 1 amide bonds. The summed E-state index contributed by atoms with van der Waals surface area (Å²) in [7, 11) is 0. The van der Waals surface area contributed by atoms with Crippen molar-refractivity contribution in [3.05, 3.63) is 20.8 Å². The summed E-state index contributed by atoms with van der Waals surface area (Å²) in [6, 6.07) is 0.314. The lowest BCUT2D eigenvalue weighted by Gasteiger charge is -2.13. The molecule has 0 aliphatic heterocycles. The third kappa shape index (κ3) is 6.11. The molecule has 1 aromatic heterocycles. The van der Waals surface area contributed by atoms with Gasteiger partial charge in [0.25, 0.3) is 0 Å². The van der Waals surface area contributed by atoms with Crippen LogP contribution in [-0.2, 0) is 16.0 Å². The molecule has 4 nitrogen and oxygen atoms in total. The normalized spacial score (nSPS) is 12.4. The molecule has 106 valence electrons. The van der Waals surface area contributed by atoms with Gasteiger partial charge < -0.3 is 10.4 Å². The number of hydrogen-bond donors (Lipinski definition) is 2. The number of aliphatic carboxylic acids is 1. The number of rotatable bonds is 7. The summed E-state index contributed by atoms with van der Waals surface area (Å²) in [5.41, 5.74) is 0. The standard InChI is InChI=1S/C11H12BrF2NO3S/c12-6-3-7(19-5-6)1-2-10(16)15-8(11(17)18)4-9(13)14/h3,5,8-9H,1-2,4H2,(H,15,16)(H,17,18). The number of aryl methyl sites for hydroxylation is 1. The first kappa shape index (κ1) is 16.0. The van der Waals surface area contributed by atoms with Crippen molar-refractivity contribution in [1.82, 2.24) is 5.32 Å². The molecule has 1 rings (SSSR count). The van der Waals surface area contributed by atoms with Crippen LogP contribution >= 0.6 is 27.3 Å². The van der Waals surface area contributed by atoms with Gasteiger partial charge in [0.15, 0.2) is 0 Å². The number of carboxylic acid groups (broad SMARTS) is 1. The van der Waals surface area contributed by atoms with Crippen molar-refractivity contribution in [1.29, 1.82) is 0 Å². The van der Waals surface area contributed by atoms with Gasteiger partial charge in [-0.05, 0) is 28.4 Å². The number of carbonyl (C=O) groups is 2. The number of alkyl halides is 2. The Morgan fingerprint density at radius 1 is 1.47 bits per heavy atom. The Labute approximate surface area is 120 Å². The van der Waals surface area contributed by atoms with Crippen LogP contribution in [0.3, 0.4) is 0 Å². The van der Waals surface area contributed by atoms with Crippen LogP contribution in [0.25, 0.3) is 0 Å². The van der Waals surface area contributed by atoms with E-state index in [1.165, 1.54) is 11.3 Å². The Morgan fingerprint density at radius 2 is 2.16 bits per heavy atom. The summed E-state index contributed by atoms with van der Waals surface area (Å²) in [5, 5.41) is 12.7. The van der Waals surface area contributed by atoms with Crippen LogP contribution in [0.4, 0.5) is 8.78 Å². The number of carboxylic acids is 1. The molecule has 1 unspecified atom stereocenters. The minimum absolute atomic E-state index is 0.0694. The number of nitrogens with one attached hydrogen (secondary N) is 1. The van der Waals surface area contributed by atoms with Crippen molar-refractivity contribution in [2.24, 2.45) is 0 Å². The second-order valence-electron chi connectivity index (χ2n) is 3.82. The van der Waals surface area contributed by atoms with Crippen LogP contribution < -0.4 is 5.32 Å². The molecule has 0 saturated carbocycles. The zero-order valence-corrected chi connectivity index (χ0v) is 12.1. The van der Waals surface area contributed by atoms with E-state index in [0.29, 0.717) is 6.42 Å². The summed E-state index contributed by atoms with van der Waals surface area (Å²) in [5.74, 6) is -2.00. The summed E-state index contributed by atoms with van der Waals surface area (Å²) < 4.78 is 25.2. The lowest BCUT2D eigenvalue weighted by molar-refractivity contribution is -0.143. The topological polar surface area (TPSA) is 66.4 Å². The molecule has 0 aliphatic carbocycles. The van der Waals surface area contributed by atoms with E-state index in [-0.39, 0.29) is 6.42 Å². The highest BCUT2D eigenvalue weighted by Crippen LogP contribution is 2.20. The van der Waals surface area contributed by atoms with Crippen LogP contribution in [0, 0.1) is 0 Å². The lowest BCUT2D eigenvalue weighted by Crippen LogP contribution is -2.42. The Bertz CT molecular complexity index is 453. The molecule has 0 radical (unpaired) electrons. The number of amides is 1. The van der Waals surface area contributed by atoms with E-state index in [9.17, 15) is 18.4 Å². The smallest absolute Gasteiger partial charge is 0.326 e. The van der Waals surface area contributed by atoms with E-state index in [4.69, 9.17) is 5.11 Å². The van der Waals surface area contributed by atoms with Crippen molar-refractivity contribution in [3.63, 3.8) is 0 Å². The molecule has 0 saturated heterocycles. The monoisotopic (exact) mass is 355 g/mol. The zero-order valence-electron chi connectivity index (χ0n) is 9.74. The molecule has 8 heteroatoms. The first-order valence-corrected chi connectivity index (χ1v) is 7.09. The average molecular weight is 356 g/mol. The largest absolute Gasteiger partial charge is 0.480 e. The van der Waals surface area contributed by atoms with E-state index in [0.717, 1.165) is 9.35 Å². The van der Waals surface area contributed by atoms with Crippen LogP contribution in [0.15, 0.2) is 15.9 Å². The fraction of sp³-hybridized carbons (Fsp3) is 0.455. The fourth-order valence-corrected chi connectivity index (χ4v) is 2.84. The van der Waals surface area contributed by atoms with Crippen molar-refractivity contribution < 1.29 is 23.5 Å². The van der Waals surface area contributed by atoms with Gasteiger partial charge in [0.2, 0.25) is 12.3 Å². The maximum absolute atomic E-state index is 12.1. The van der Waals surface area contributed by atoms with Crippen LogP contribution in [0.5, 0.6) is 0 Å². The van der Waals surface area contributed by atoms with Crippen LogP contribution in [-0.4, -0.2) is 29.5 Å². The molecule has 19 heavy (non-hydrogen) atoms. The molecule has 1 heterocycles. The van der Waals surface area contributed by atoms with E-state index < -0.39 is 30.8 Å². The van der Waals surface area contributed by atoms with Gasteiger partial charge in [-0.3, -0.25) is 4.79 Å². The third-order valence-corrected chi connectivity index (χ3v) is 4.02. The highest BCUT2D eigenvalue weighted by Gasteiger charge is 2.23. The maximum Gasteiger partial charge on any atom is 0.326 e. The van der Waals surface area contributed by atoms with E-state index >= 15 is 0 Å². The SMILES string of the molecule is O=C(CCc1cc(Br)cs1)NC(CC(F)F)C(=O)O. The molecule has 0 aliphatic rings. The molecule has 0 bridgehead atoms. The summed E-state index contributed by atoms with van der Waals surface area (Å²) in [4.78, 5) is 23.1. The second-order valence-corrected chi connectivity index (χ2v) is 5.73. The predicted octanol–water partition coefficient (Wildman–Crippen LogP) is 2.67. The van der Waals surface area contributed by atoms with Gasteiger partial charge in [-0.2, -0.15) is 0 Å². The zero-order chi connectivity index (χ0) is 14.4. The number of thiophene rings is 1. The number of carbonyl (C=O) groups excluding carboxylic acids is 1. The number of halogens is 3. The first-order valence-electron chi connectivity index (χ1n) is 5.41. The summed E-state index contributed by atoms with van der Waals surface area (Å²) in [6.45, 7) is 0. The molecular weight excluding hydrogens is 344 g/mol. The van der Waals surface area contributed by atoms with E-state index in [1.807, 2.05) is 11.4 Å². The minimum atomic E-state index is -2.77. The highest BCUT2D eigenvalue weighted by atomic mass is 79.9. The van der Waals surface area contributed by atoms with E-state index in [1.54, 1.807) is 0 Å². The van der Waals surface area contributed by atoms with Crippen LogP contribution in [0.2, 0.25) is 0 Å². The van der Waals surface area contributed by atoms with Gasteiger partial charge >= 0.3 is 5.97 Å². The van der Waals surface area contributed by atoms with Gasteiger partial charge in [-0.25, -0.2) is 13.6 Å². The molecule has 0 aromatic carbocycles. The lowest BCUT2D eigenvalue weighted by atomic mass is 10.2. The molecule has 0 spiro atoms. The molecule has 1 aromatic rings. The van der Waals surface area contributed by atoms with Gasteiger partial charge in [0, 0.05) is 27.6 Å². The highest BCUT2D eigenvalue weighted by molar-refractivity contribution is 9.10. The Balaban J connectivity index is 2.42. The van der Waals surface area contributed by atoms with Gasteiger partial charge in [-0.1, -0.05) is 0 Å². The van der Waals surface area contributed by atoms with Crippen molar-refractivity contribution >= 4 is 39.1 Å². The van der Waals surface area contributed by atoms with Gasteiger partial charge in [0.1, 0.15) is 6.04 Å². The van der Waals surface area contributed by atoms with Crippen molar-refractivity contribution in [2.75, 3.05) is 0 Å². The Morgan fingerprint density at radius 3 is 2.63 bits per heavy atom. The molecule has 2 N–H and O–H groups in total. The summed E-state index contributed by atoms with van der Waals surface area (Å²) >= 11 is 4.74. The first-order chi connectivity index (χ1) is 8.88. The Kier molecular flexibility index (Phi) is 6.36. The maximum atomic E-state index is 12.1. The Hall–Kier alpha value is -1.02. The van der Waals surface area contributed by atoms with Gasteiger partial charge in [0.05, 0.1) is 0 Å². The second kappa shape index (κ2) is 7.54. The average Bonchev–Trinajstić information content (AvgIpc) is 2.71. The quantitative estimate of drug-likeness (QED) is 0.790. The molecule has 1 atom stereocenters. The predicted molar refractivity (Wildman–Crippen MR) is 70.5 cm³/mol.